The highest BCUT2D eigenvalue weighted by Crippen LogP contribution is 2.42. The molecule has 0 saturated carbocycles. The third kappa shape index (κ3) is 7.01. The molecule has 0 fully saturated rings. The summed E-state index contributed by atoms with van der Waals surface area (Å²) in [5.41, 5.74) is 0.332. The van der Waals surface area contributed by atoms with E-state index in [0.29, 0.717) is 26.7 Å². The van der Waals surface area contributed by atoms with Gasteiger partial charge in [-0.1, -0.05) is 25.3 Å². The van der Waals surface area contributed by atoms with E-state index in [0.717, 1.165) is 0 Å². The van der Waals surface area contributed by atoms with E-state index in [4.69, 9.17) is 9.47 Å². The smallest absolute Gasteiger partial charge is 0.364 e. The molecule has 11 heteroatoms. The Morgan fingerprint density at radius 3 is 2.32 bits per heavy atom. The molecule has 0 radical (unpaired) electrons. The molecule has 0 saturated heterocycles. The molecule has 0 aromatic heterocycles. The molecule has 2 aromatic carbocycles. The van der Waals surface area contributed by atoms with Crippen LogP contribution in [0.15, 0.2) is 39.3 Å². The highest BCUT2D eigenvalue weighted by atomic mass is 79.9. The zero-order valence-electron chi connectivity index (χ0n) is 19.1. The normalized spacial score (nSPS) is 13.9. The first-order valence-electron chi connectivity index (χ1n) is 10.5. The lowest BCUT2D eigenvalue weighted by Crippen LogP contribution is -2.45. The van der Waals surface area contributed by atoms with Crippen molar-refractivity contribution < 1.29 is 33.8 Å². The van der Waals surface area contributed by atoms with Gasteiger partial charge in [0, 0.05) is 12.5 Å². The van der Waals surface area contributed by atoms with Crippen molar-refractivity contribution in [3.63, 3.8) is 0 Å². The SMILES string of the molecule is CCCOC(=O)C(NC(=O)c1cc(Oc2c(Br)cc(C(C)(O)[PH+]=O)cc2Br)ccc1O)C(C)C. The van der Waals surface area contributed by atoms with Crippen molar-refractivity contribution >= 4 is 52.2 Å². The largest absolute Gasteiger partial charge is 0.507 e. The summed E-state index contributed by atoms with van der Waals surface area (Å²) in [6.45, 7) is 7.11. The lowest BCUT2D eigenvalue weighted by Gasteiger charge is -2.21. The van der Waals surface area contributed by atoms with E-state index < -0.39 is 31.7 Å². The number of aromatic hydroxyl groups is 1. The maximum absolute atomic E-state index is 12.9. The Hall–Kier alpha value is -2.00. The minimum Gasteiger partial charge on any atom is -0.507 e. The first-order valence-corrected chi connectivity index (χ1v) is 13.0. The molecule has 0 heterocycles. The molecule has 0 spiro atoms. The van der Waals surface area contributed by atoms with Crippen LogP contribution >= 0.6 is 40.3 Å². The van der Waals surface area contributed by atoms with Gasteiger partial charge >= 0.3 is 14.4 Å². The van der Waals surface area contributed by atoms with Crippen LogP contribution in [0.2, 0.25) is 0 Å². The van der Waals surface area contributed by atoms with Crippen LogP contribution in [0.25, 0.3) is 0 Å². The Balaban J connectivity index is 2.31. The second kappa shape index (κ2) is 12.1. The summed E-state index contributed by atoms with van der Waals surface area (Å²) in [4.78, 5) is 25.2. The number of phenols is 1. The number of hydrogen-bond acceptors (Lipinski definition) is 7. The number of phenolic OH excluding ortho intramolecular Hbond substituents is 1. The number of carbonyl (C=O) groups excluding carboxylic acids is 2. The van der Waals surface area contributed by atoms with Crippen LogP contribution in [-0.2, 0) is 19.4 Å². The fourth-order valence-electron chi connectivity index (χ4n) is 2.88. The van der Waals surface area contributed by atoms with Crippen LogP contribution in [0.5, 0.6) is 17.2 Å². The molecule has 0 aliphatic carbocycles. The summed E-state index contributed by atoms with van der Waals surface area (Å²) >= 11 is 6.76. The molecule has 8 nitrogen and oxygen atoms in total. The number of benzene rings is 2. The van der Waals surface area contributed by atoms with Crippen molar-refractivity contribution in [2.45, 2.75) is 45.5 Å². The third-order valence-corrected chi connectivity index (χ3v) is 6.71. The van der Waals surface area contributed by atoms with E-state index in [-0.39, 0.29) is 29.6 Å². The van der Waals surface area contributed by atoms with Crippen LogP contribution in [0.3, 0.4) is 0 Å². The average molecular weight is 620 g/mol. The second-order valence-electron chi connectivity index (χ2n) is 8.09. The number of esters is 1. The minimum atomic E-state index is -1.53. The van der Waals surface area contributed by atoms with E-state index >= 15 is 0 Å². The van der Waals surface area contributed by atoms with Crippen molar-refractivity contribution in [3.05, 3.63) is 50.4 Å². The molecule has 34 heavy (non-hydrogen) atoms. The van der Waals surface area contributed by atoms with Gasteiger partial charge in [-0.2, -0.15) is 0 Å². The number of hydrogen-bond donors (Lipinski definition) is 3. The van der Waals surface area contributed by atoms with Gasteiger partial charge in [0.25, 0.3) is 11.2 Å². The summed E-state index contributed by atoms with van der Waals surface area (Å²) in [5.74, 6) is -1.13. The average Bonchev–Trinajstić information content (AvgIpc) is 2.78. The summed E-state index contributed by atoms with van der Waals surface area (Å²) in [6, 6.07) is 6.41. The lowest BCUT2D eigenvalue weighted by molar-refractivity contribution is -0.147. The maximum atomic E-state index is 12.9. The predicted molar refractivity (Wildman–Crippen MR) is 136 cm³/mol. The van der Waals surface area contributed by atoms with Crippen LogP contribution in [0.4, 0.5) is 0 Å². The third-order valence-electron chi connectivity index (χ3n) is 4.85. The molecule has 184 valence electrons. The number of nitrogens with one attached hydrogen (secondary N) is 1. The van der Waals surface area contributed by atoms with Gasteiger partial charge in [-0.05, 0) is 74.5 Å². The Morgan fingerprint density at radius 1 is 1.18 bits per heavy atom. The molecule has 3 N–H and O–H groups in total. The molecule has 1 amide bonds. The Kier molecular flexibility index (Phi) is 10.1. The van der Waals surface area contributed by atoms with Gasteiger partial charge in [0.2, 0.25) is 0 Å². The van der Waals surface area contributed by atoms with Crippen molar-refractivity contribution in [1.29, 1.82) is 0 Å². The zero-order chi connectivity index (χ0) is 25.6. The van der Waals surface area contributed by atoms with E-state index in [9.17, 15) is 24.4 Å². The second-order valence-corrected chi connectivity index (χ2v) is 11.0. The molecule has 3 atom stereocenters. The molecule has 0 bridgehead atoms. The number of amides is 1. The summed E-state index contributed by atoms with van der Waals surface area (Å²) in [6.07, 6.45) is 0.658. The molecule has 2 aromatic rings. The first-order chi connectivity index (χ1) is 15.9. The molecular weight excluding hydrogens is 593 g/mol. The fourth-order valence-corrected chi connectivity index (χ4v) is 4.50. The Bertz CT molecular complexity index is 1050. The Labute approximate surface area is 216 Å². The minimum absolute atomic E-state index is 0.0780. The number of ether oxygens (including phenoxy) is 2. The fraction of sp³-hybridized carbons (Fsp3) is 0.391. The summed E-state index contributed by atoms with van der Waals surface area (Å²) in [5, 5.41) is 21.6. The zero-order valence-corrected chi connectivity index (χ0v) is 23.3. The summed E-state index contributed by atoms with van der Waals surface area (Å²) < 4.78 is 23.3. The van der Waals surface area contributed by atoms with Gasteiger partial charge < -0.3 is 25.0 Å². The highest BCUT2D eigenvalue weighted by Gasteiger charge is 2.33. The standard InChI is InChI=1S/C23H26Br2NO7P/c1-5-8-32-22(29)19(12(2)3)26-21(28)15-11-14(6-7-18(15)27)33-20-16(24)9-13(10-17(20)25)23(4,30)34-31/h6-7,9-12,19,27,30H,5,8H2,1-4H3,(H,26,28)/p+1. The maximum Gasteiger partial charge on any atom is 0.364 e. The van der Waals surface area contributed by atoms with Crippen LogP contribution in [0.1, 0.15) is 50.0 Å². The molecule has 0 aliphatic rings. The van der Waals surface area contributed by atoms with Gasteiger partial charge in [-0.3, -0.25) is 4.79 Å². The number of halogens is 2. The van der Waals surface area contributed by atoms with Gasteiger partial charge in [-0.25, -0.2) is 4.79 Å². The van der Waals surface area contributed by atoms with Crippen molar-refractivity contribution in [1.82, 2.24) is 5.32 Å². The Morgan fingerprint density at radius 2 is 1.79 bits per heavy atom. The van der Waals surface area contributed by atoms with Crippen LogP contribution < -0.4 is 10.1 Å². The molecule has 2 rings (SSSR count). The number of carbonyl (C=O) groups is 2. The summed E-state index contributed by atoms with van der Waals surface area (Å²) in [7, 11) is -0.970. The first kappa shape index (κ1) is 28.2. The molecular formula is C23H27Br2NO7P+. The van der Waals surface area contributed by atoms with Crippen molar-refractivity contribution in [2.24, 2.45) is 5.92 Å². The monoisotopic (exact) mass is 618 g/mol. The highest BCUT2D eigenvalue weighted by molar-refractivity contribution is 9.11. The van der Waals surface area contributed by atoms with Crippen molar-refractivity contribution in [2.75, 3.05) is 6.61 Å². The van der Waals surface area contributed by atoms with Gasteiger partial charge in [-0.15, -0.1) is 0 Å². The van der Waals surface area contributed by atoms with Crippen molar-refractivity contribution in [3.8, 4) is 17.2 Å². The predicted octanol–water partition coefficient (Wildman–Crippen LogP) is 5.61. The lowest BCUT2D eigenvalue weighted by atomic mass is 10.0. The molecule has 3 unspecified atom stereocenters. The van der Waals surface area contributed by atoms with E-state index in [1.807, 2.05) is 6.92 Å². The van der Waals surface area contributed by atoms with Gasteiger partial charge in [0.1, 0.15) is 17.5 Å². The van der Waals surface area contributed by atoms with E-state index in [2.05, 4.69) is 37.2 Å². The van der Waals surface area contributed by atoms with Crippen LogP contribution in [-0.4, -0.2) is 34.7 Å². The van der Waals surface area contributed by atoms with Crippen LogP contribution in [0, 0.1) is 5.92 Å². The van der Waals surface area contributed by atoms with E-state index in [1.165, 1.54) is 25.1 Å². The number of rotatable bonds is 10. The van der Waals surface area contributed by atoms with E-state index in [1.54, 1.807) is 26.0 Å². The number of aliphatic hydroxyl groups is 1. The van der Waals surface area contributed by atoms with Gasteiger partial charge in [0.05, 0.1) is 21.1 Å². The van der Waals surface area contributed by atoms with Gasteiger partial charge in [0.15, 0.2) is 5.75 Å². The quantitative estimate of drug-likeness (QED) is 0.233. The topological polar surface area (TPSA) is 122 Å². The molecule has 0 aliphatic heterocycles.